The number of nitrogens with zero attached hydrogens (tertiary/aromatic N) is 4. The first-order valence-corrected chi connectivity index (χ1v) is 6.99. The summed E-state index contributed by atoms with van der Waals surface area (Å²) in [5, 5.41) is 12.3. The quantitative estimate of drug-likeness (QED) is 0.827. The fourth-order valence-electron chi connectivity index (χ4n) is 2.14. The average molecular weight is 261 g/mol. The van der Waals surface area contributed by atoms with E-state index in [9.17, 15) is 0 Å². The maximum atomic E-state index is 4.56. The zero-order valence-corrected chi connectivity index (χ0v) is 12.0. The van der Waals surface area contributed by atoms with E-state index in [-0.39, 0.29) is 0 Å². The molecule has 0 bridgehead atoms. The Kier molecular flexibility index (Phi) is 4.74. The van der Waals surface area contributed by atoms with E-state index < -0.39 is 0 Å². The SMILES string of the molecule is CCc1cc(CNC(C)Cn2cccn2)n(CC)n1. The molecule has 104 valence electrons. The lowest BCUT2D eigenvalue weighted by Gasteiger charge is -2.14. The lowest BCUT2D eigenvalue weighted by molar-refractivity contribution is 0.440. The maximum absolute atomic E-state index is 4.56. The van der Waals surface area contributed by atoms with Crippen LogP contribution >= 0.6 is 0 Å². The molecular formula is C14H23N5. The van der Waals surface area contributed by atoms with Gasteiger partial charge in [-0.3, -0.25) is 9.36 Å². The minimum Gasteiger partial charge on any atom is -0.307 e. The van der Waals surface area contributed by atoms with Crippen molar-refractivity contribution in [2.45, 2.75) is 52.9 Å². The predicted molar refractivity (Wildman–Crippen MR) is 75.8 cm³/mol. The molecule has 2 aromatic rings. The zero-order chi connectivity index (χ0) is 13.7. The first kappa shape index (κ1) is 13.8. The van der Waals surface area contributed by atoms with Gasteiger partial charge in [-0.1, -0.05) is 6.92 Å². The van der Waals surface area contributed by atoms with Crippen LogP contribution in [0.25, 0.3) is 0 Å². The molecule has 0 radical (unpaired) electrons. The highest BCUT2D eigenvalue weighted by atomic mass is 15.3. The molecule has 0 fully saturated rings. The standard InChI is InChI=1S/C14H23N5/c1-4-13-9-14(19(5-2)17-13)10-15-12(3)11-18-8-6-7-16-18/h6-9,12,15H,4-5,10-11H2,1-3H3. The van der Waals surface area contributed by atoms with Crippen LogP contribution in [-0.2, 0) is 26.1 Å². The molecular weight excluding hydrogens is 238 g/mol. The van der Waals surface area contributed by atoms with Gasteiger partial charge < -0.3 is 5.32 Å². The van der Waals surface area contributed by atoms with Crippen LogP contribution in [-0.4, -0.2) is 25.6 Å². The summed E-state index contributed by atoms with van der Waals surface area (Å²) < 4.78 is 4.03. The molecule has 0 aromatic carbocycles. The highest BCUT2D eigenvalue weighted by Gasteiger charge is 2.08. The van der Waals surface area contributed by atoms with Crippen LogP contribution in [0.5, 0.6) is 0 Å². The Hall–Kier alpha value is -1.62. The number of hydrogen-bond acceptors (Lipinski definition) is 3. The summed E-state index contributed by atoms with van der Waals surface area (Å²) in [6, 6.07) is 4.52. The number of nitrogens with one attached hydrogen (secondary N) is 1. The van der Waals surface area contributed by atoms with Crippen LogP contribution < -0.4 is 5.32 Å². The summed E-state index contributed by atoms with van der Waals surface area (Å²) in [6.07, 6.45) is 4.79. The third-order valence-corrected chi connectivity index (χ3v) is 3.23. The monoisotopic (exact) mass is 261 g/mol. The van der Waals surface area contributed by atoms with Crippen LogP contribution in [0.2, 0.25) is 0 Å². The summed E-state index contributed by atoms with van der Waals surface area (Å²) in [5.74, 6) is 0. The number of aromatic nitrogens is 4. The van der Waals surface area contributed by atoms with Crippen molar-refractivity contribution in [1.82, 2.24) is 24.9 Å². The van der Waals surface area contributed by atoms with Crippen LogP contribution in [0, 0.1) is 0 Å². The van der Waals surface area contributed by atoms with Gasteiger partial charge in [0.15, 0.2) is 0 Å². The Morgan fingerprint density at radius 1 is 1.37 bits per heavy atom. The fourth-order valence-corrected chi connectivity index (χ4v) is 2.14. The van der Waals surface area contributed by atoms with Crippen molar-refractivity contribution in [2.24, 2.45) is 0 Å². The normalized spacial score (nSPS) is 12.8. The number of hydrogen-bond donors (Lipinski definition) is 1. The van der Waals surface area contributed by atoms with Gasteiger partial charge in [0.2, 0.25) is 0 Å². The summed E-state index contributed by atoms with van der Waals surface area (Å²) in [4.78, 5) is 0. The molecule has 0 amide bonds. The van der Waals surface area contributed by atoms with Crippen molar-refractivity contribution in [2.75, 3.05) is 0 Å². The van der Waals surface area contributed by atoms with E-state index in [2.05, 4.69) is 47.0 Å². The summed E-state index contributed by atoms with van der Waals surface area (Å²) in [5.41, 5.74) is 2.42. The highest BCUT2D eigenvalue weighted by Crippen LogP contribution is 2.06. The summed E-state index contributed by atoms with van der Waals surface area (Å²) in [7, 11) is 0. The molecule has 0 spiro atoms. The van der Waals surface area contributed by atoms with Crippen molar-refractivity contribution in [1.29, 1.82) is 0 Å². The van der Waals surface area contributed by atoms with Crippen molar-refractivity contribution in [3.8, 4) is 0 Å². The van der Waals surface area contributed by atoms with Crippen LogP contribution in [0.15, 0.2) is 24.5 Å². The van der Waals surface area contributed by atoms with E-state index in [1.165, 1.54) is 11.4 Å². The van der Waals surface area contributed by atoms with E-state index in [1.807, 2.05) is 23.1 Å². The maximum Gasteiger partial charge on any atom is 0.0625 e. The Morgan fingerprint density at radius 3 is 2.84 bits per heavy atom. The van der Waals surface area contributed by atoms with Gasteiger partial charge >= 0.3 is 0 Å². The fraction of sp³-hybridized carbons (Fsp3) is 0.571. The average Bonchev–Trinajstić information content (AvgIpc) is 3.04. The molecule has 0 aliphatic heterocycles. The lowest BCUT2D eigenvalue weighted by Crippen LogP contribution is -2.30. The Morgan fingerprint density at radius 2 is 2.21 bits per heavy atom. The second kappa shape index (κ2) is 6.52. The van der Waals surface area contributed by atoms with Crippen LogP contribution in [0.1, 0.15) is 32.2 Å². The number of rotatable bonds is 7. The molecule has 19 heavy (non-hydrogen) atoms. The number of aryl methyl sites for hydroxylation is 2. The lowest BCUT2D eigenvalue weighted by atomic mass is 10.3. The van der Waals surface area contributed by atoms with Gasteiger partial charge in [-0.05, 0) is 32.4 Å². The van der Waals surface area contributed by atoms with Gasteiger partial charge in [0, 0.05) is 31.5 Å². The second-order valence-electron chi connectivity index (χ2n) is 4.81. The van der Waals surface area contributed by atoms with Crippen LogP contribution in [0.4, 0.5) is 0 Å². The molecule has 0 aliphatic carbocycles. The van der Waals surface area contributed by atoms with E-state index in [0.717, 1.165) is 26.1 Å². The predicted octanol–water partition coefficient (Wildman–Crippen LogP) is 1.84. The van der Waals surface area contributed by atoms with E-state index in [4.69, 9.17) is 0 Å². The molecule has 2 aromatic heterocycles. The second-order valence-corrected chi connectivity index (χ2v) is 4.81. The molecule has 1 unspecified atom stereocenters. The van der Waals surface area contributed by atoms with Crippen molar-refractivity contribution in [3.05, 3.63) is 35.9 Å². The molecule has 1 N–H and O–H groups in total. The molecule has 0 saturated carbocycles. The Bertz CT molecular complexity index is 486. The Labute approximate surface area is 114 Å². The van der Waals surface area contributed by atoms with Gasteiger partial charge in [0.1, 0.15) is 0 Å². The molecule has 0 saturated heterocycles. The topological polar surface area (TPSA) is 47.7 Å². The molecule has 0 aliphatic rings. The minimum atomic E-state index is 0.380. The van der Waals surface area contributed by atoms with Gasteiger partial charge in [0.05, 0.1) is 17.9 Å². The largest absolute Gasteiger partial charge is 0.307 e. The first-order chi connectivity index (χ1) is 9.22. The van der Waals surface area contributed by atoms with E-state index >= 15 is 0 Å². The van der Waals surface area contributed by atoms with Gasteiger partial charge in [0.25, 0.3) is 0 Å². The molecule has 2 heterocycles. The molecule has 2 rings (SSSR count). The Balaban J connectivity index is 1.89. The van der Waals surface area contributed by atoms with Gasteiger partial charge in [-0.25, -0.2) is 0 Å². The highest BCUT2D eigenvalue weighted by molar-refractivity contribution is 5.10. The zero-order valence-electron chi connectivity index (χ0n) is 12.0. The smallest absolute Gasteiger partial charge is 0.0625 e. The van der Waals surface area contributed by atoms with E-state index in [0.29, 0.717) is 6.04 Å². The minimum absolute atomic E-state index is 0.380. The van der Waals surface area contributed by atoms with E-state index in [1.54, 1.807) is 0 Å². The molecule has 1 atom stereocenters. The van der Waals surface area contributed by atoms with Gasteiger partial charge in [-0.2, -0.15) is 10.2 Å². The van der Waals surface area contributed by atoms with Crippen molar-refractivity contribution >= 4 is 0 Å². The summed E-state index contributed by atoms with van der Waals surface area (Å²) >= 11 is 0. The third kappa shape index (κ3) is 3.67. The van der Waals surface area contributed by atoms with Crippen LogP contribution in [0.3, 0.4) is 0 Å². The molecule has 5 nitrogen and oxygen atoms in total. The third-order valence-electron chi connectivity index (χ3n) is 3.23. The first-order valence-electron chi connectivity index (χ1n) is 6.99. The summed E-state index contributed by atoms with van der Waals surface area (Å²) in [6.45, 7) is 9.10. The van der Waals surface area contributed by atoms with Crippen molar-refractivity contribution < 1.29 is 0 Å². The molecule has 5 heteroatoms. The van der Waals surface area contributed by atoms with Crippen molar-refractivity contribution in [3.63, 3.8) is 0 Å². The van der Waals surface area contributed by atoms with Gasteiger partial charge in [-0.15, -0.1) is 0 Å².